The summed E-state index contributed by atoms with van der Waals surface area (Å²) in [5, 5.41) is 17.4. The van der Waals surface area contributed by atoms with Crippen LogP contribution in [0, 0.1) is 13.8 Å². The third kappa shape index (κ3) is 3.88. The minimum absolute atomic E-state index is 0.139. The highest BCUT2D eigenvalue weighted by molar-refractivity contribution is 6.31. The fraction of sp³-hybridized carbons (Fsp3) is 0.0909. The predicted molar refractivity (Wildman–Crippen MR) is 115 cm³/mol. The first kappa shape index (κ1) is 19.6. The van der Waals surface area contributed by atoms with Crippen LogP contribution in [0.4, 0.5) is 5.69 Å². The number of aromatic hydroxyl groups is 1. The highest BCUT2D eigenvalue weighted by Crippen LogP contribution is 2.23. The van der Waals surface area contributed by atoms with Crippen LogP contribution < -0.4 is 5.32 Å². The lowest BCUT2D eigenvalue weighted by atomic mass is 10.2. The largest absolute Gasteiger partial charge is 0.508 e. The number of hydrogen-bond acceptors (Lipinski definition) is 5. The number of aryl methyl sites for hydroxylation is 1. The molecule has 0 atom stereocenters. The Kier molecular flexibility index (Phi) is 5.20. The number of hydrogen-bond donors (Lipinski definition) is 2. The lowest BCUT2D eigenvalue weighted by Gasteiger charge is -2.08. The summed E-state index contributed by atoms with van der Waals surface area (Å²) in [6.45, 7) is 3.74. The van der Waals surface area contributed by atoms with Crippen molar-refractivity contribution in [3.8, 4) is 22.8 Å². The lowest BCUT2D eigenvalue weighted by Crippen LogP contribution is -2.12. The molecule has 8 heteroatoms. The molecule has 2 heterocycles. The van der Waals surface area contributed by atoms with E-state index in [0.717, 1.165) is 17.1 Å². The van der Waals surface area contributed by atoms with Gasteiger partial charge in [0, 0.05) is 11.1 Å². The molecule has 0 saturated carbocycles. The number of amides is 1. The minimum Gasteiger partial charge on any atom is -0.508 e. The van der Waals surface area contributed by atoms with Gasteiger partial charge < -0.3 is 10.4 Å². The summed E-state index contributed by atoms with van der Waals surface area (Å²) in [7, 11) is 0. The van der Waals surface area contributed by atoms with E-state index >= 15 is 0 Å². The van der Waals surface area contributed by atoms with Gasteiger partial charge in [-0.1, -0.05) is 23.7 Å². The molecule has 7 nitrogen and oxygen atoms in total. The molecular formula is C22H18ClN5O2. The van der Waals surface area contributed by atoms with Crippen LogP contribution in [0.25, 0.3) is 17.1 Å². The zero-order valence-electron chi connectivity index (χ0n) is 16.3. The van der Waals surface area contributed by atoms with Crippen LogP contribution in [0.1, 0.15) is 21.7 Å². The normalized spacial score (nSPS) is 10.8. The molecule has 0 saturated heterocycles. The van der Waals surface area contributed by atoms with Gasteiger partial charge in [0.05, 0.1) is 40.2 Å². The number of halogens is 1. The van der Waals surface area contributed by atoms with Gasteiger partial charge in [0.25, 0.3) is 5.91 Å². The molecule has 30 heavy (non-hydrogen) atoms. The molecule has 0 aliphatic rings. The molecular weight excluding hydrogens is 402 g/mol. The molecule has 4 aromatic rings. The maximum atomic E-state index is 12.5. The zero-order chi connectivity index (χ0) is 21.3. The summed E-state index contributed by atoms with van der Waals surface area (Å²) in [5.41, 5.74) is 4.06. The number of benzene rings is 2. The lowest BCUT2D eigenvalue weighted by molar-refractivity contribution is 0.102. The van der Waals surface area contributed by atoms with E-state index in [1.807, 2.05) is 26.0 Å². The topological polar surface area (TPSA) is 92.9 Å². The van der Waals surface area contributed by atoms with E-state index in [2.05, 4.69) is 20.4 Å². The molecule has 150 valence electrons. The van der Waals surface area contributed by atoms with Crippen molar-refractivity contribution in [3.63, 3.8) is 0 Å². The molecule has 4 rings (SSSR count). The van der Waals surface area contributed by atoms with Gasteiger partial charge >= 0.3 is 0 Å². The number of phenolic OH excluding ortho intramolecular Hbond substituents is 1. The second kappa shape index (κ2) is 7.96. The SMILES string of the molecule is Cc1nn(-c2ccc(C(=O)Nc3cnc(-c4cccc(O)c4)nc3)cc2)c(C)c1Cl. The average molecular weight is 420 g/mol. The van der Waals surface area contributed by atoms with Crippen LogP contribution >= 0.6 is 11.6 Å². The Bertz CT molecular complexity index is 1220. The zero-order valence-corrected chi connectivity index (χ0v) is 17.1. The highest BCUT2D eigenvalue weighted by Gasteiger charge is 2.12. The molecule has 0 bridgehead atoms. The second-order valence-electron chi connectivity index (χ2n) is 6.74. The van der Waals surface area contributed by atoms with Crippen LogP contribution in [0.2, 0.25) is 5.02 Å². The third-order valence-corrected chi connectivity index (χ3v) is 5.14. The molecule has 0 spiro atoms. The first-order valence-corrected chi connectivity index (χ1v) is 9.55. The smallest absolute Gasteiger partial charge is 0.255 e. The van der Waals surface area contributed by atoms with Gasteiger partial charge in [0.2, 0.25) is 0 Å². The second-order valence-corrected chi connectivity index (χ2v) is 7.12. The van der Waals surface area contributed by atoms with Crippen LogP contribution in [0.3, 0.4) is 0 Å². The van der Waals surface area contributed by atoms with Gasteiger partial charge in [-0.15, -0.1) is 0 Å². The van der Waals surface area contributed by atoms with Crippen molar-refractivity contribution in [3.05, 3.63) is 82.9 Å². The fourth-order valence-corrected chi connectivity index (χ4v) is 3.14. The van der Waals surface area contributed by atoms with Gasteiger partial charge in [-0.3, -0.25) is 4.79 Å². The fourth-order valence-electron chi connectivity index (χ4n) is 3.02. The van der Waals surface area contributed by atoms with Gasteiger partial charge in [0.1, 0.15) is 5.75 Å². The molecule has 2 N–H and O–H groups in total. The van der Waals surface area contributed by atoms with E-state index in [0.29, 0.717) is 27.7 Å². The van der Waals surface area contributed by atoms with Crippen LogP contribution in [-0.4, -0.2) is 30.8 Å². The van der Waals surface area contributed by atoms with Gasteiger partial charge in [-0.25, -0.2) is 14.6 Å². The standard InChI is InChI=1S/C22H18ClN5O2/c1-13-20(23)14(2)28(27-13)18-8-6-15(7-9-18)22(30)26-17-11-24-21(25-12-17)16-4-3-5-19(29)10-16/h3-12,29H,1-2H3,(H,26,30). The van der Waals surface area contributed by atoms with Crippen LogP contribution in [-0.2, 0) is 0 Å². The summed E-state index contributed by atoms with van der Waals surface area (Å²) in [6, 6.07) is 13.7. The van der Waals surface area contributed by atoms with Crippen molar-refractivity contribution in [2.45, 2.75) is 13.8 Å². The number of phenols is 1. The Morgan fingerprint density at radius 1 is 1.07 bits per heavy atom. The Morgan fingerprint density at radius 2 is 1.77 bits per heavy atom. The number of carbonyl (C=O) groups excluding carboxylic acids is 1. The minimum atomic E-state index is -0.276. The van der Waals surface area contributed by atoms with Crippen molar-refractivity contribution < 1.29 is 9.90 Å². The van der Waals surface area contributed by atoms with E-state index in [4.69, 9.17) is 11.6 Å². The molecule has 2 aromatic carbocycles. The van der Waals surface area contributed by atoms with Crippen molar-refractivity contribution >= 4 is 23.2 Å². The van der Waals surface area contributed by atoms with E-state index in [1.54, 1.807) is 41.1 Å². The first-order valence-electron chi connectivity index (χ1n) is 9.17. The first-order chi connectivity index (χ1) is 14.4. The molecule has 0 aliphatic carbocycles. The molecule has 2 aromatic heterocycles. The van der Waals surface area contributed by atoms with Gasteiger partial charge in [-0.05, 0) is 50.2 Å². The summed E-state index contributed by atoms with van der Waals surface area (Å²) in [6.07, 6.45) is 3.05. The molecule has 0 radical (unpaired) electrons. The summed E-state index contributed by atoms with van der Waals surface area (Å²) in [5.74, 6) is 0.318. The van der Waals surface area contributed by atoms with E-state index < -0.39 is 0 Å². The average Bonchev–Trinajstić information content (AvgIpc) is 3.01. The van der Waals surface area contributed by atoms with E-state index in [1.165, 1.54) is 12.4 Å². The number of aromatic nitrogens is 4. The Labute approximate surface area is 178 Å². The number of nitrogens with zero attached hydrogens (tertiary/aromatic N) is 4. The Balaban J connectivity index is 1.48. The highest BCUT2D eigenvalue weighted by atomic mass is 35.5. The number of carbonyl (C=O) groups is 1. The van der Waals surface area contributed by atoms with Gasteiger partial charge in [0.15, 0.2) is 5.82 Å². The number of nitrogens with one attached hydrogen (secondary N) is 1. The predicted octanol–water partition coefficient (Wildman–Crippen LogP) is 4.56. The van der Waals surface area contributed by atoms with Crippen molar-refractivity contribution in [2.24, 2.45) is 0 Å². The molecule has 0 aliphatic heterocycles. The van der Waals surface area contributed by atoms with E-state index in [-0.39, 0.29) is 11.7 Å². The van der Waals surface area contributed by atoms with Crippen molar-refractivity contribution in [1.29, 1.82) is 0 Å². The monoisotopic (exact) mass is 419 g/mol. The van der Waals surface area contributed by atoms with Crippen LogP contribution in [0.5, 0.6) is 5.75 Å². The molecule has 0 unspecified atom stereocenters. The molecule has 1 amide bonds. The maximum Gasteiger partial charge on any atom is 0.255 e. The molecule has 0 fully saturated rings. The Hall–Kier alpha value is -3.71. The Morgan fingerprint density at radius 3 is 2.37 bits per heavy atom. The quantitative estimate of drug-likeness (QED) is 0.506. The van der Waals surface area contributed by atoms with Gasteiger partial charge in [-0.2, -0.15) is 5.10 Å². The number of rotatable bonds is 4. The summed E-state index contributed by atoms with van der Waals surface area (Å²) < 4.78 is 1.74. The number of anilines is 1. The summed E-state index contributed by atoms with van der Waals surface area (Å²) in [4.78, 5) is 21.0. The van der Waals surface area contributed by atoms with Crippen molar-refractivity contribution in [1.82, 2.24) is 19.7 Å². The van der Waals surface area contributed by atoms with Crippen molar-refractivity contribution in [2.75, 3.05) is 5.32 Å². The summed E-state index contributed by atoms with van der Waals surface area (Å²) >= 11 is 6.21. The van der Waals surface area contributed by atoms with Crippen LogP contribution in [0.15, 0.2) is 60.9 Å². The van der Waals surface area contributed by atoms with E-state index in [9.17, 15) is 9.90 Å². The third-order valence-electron chi connectivity index (χ3n) is 4.59. The maximum absolute atomic E-state index is 12.5.